The molecule has 8 heteroatoms. The van der Waals surface area contributed by atoms with E-state index in [1.165, 1.54) is 34.7 Å². The van der Waals surface area contributed by atoms with Crippen LogP contribution in [0, 0.1) is 5.82 Å². The lowest BCUT2D eigenvalue weighted by Crippen LogP contribution is -2.50. The van der Waals surface area contributed by atoms with E-state index in [1.807, 2.05) is 18.2 Å². The zero-order chi connectivity index (χ0) is 25.1. The quantitative estimate of drug-likeness (QED) is 0.626. The van der Waals surface area contributed by atoms with Crippen LogP contribution in [0.4, 0.5) is 9.18 Å². The maximum Gasteiger partial charge on any atom is 0.325 e. The highest BCUT2D eigenvalue weighted by atomic mass is 19.1. The predicted octanol–water partition coefficient (Wildman–Crippen LogP) is 3.62. The second-order valence-corrected chi connectivity index (χ2v) is 10.1. The van der Waals surface area contributed by atoms with Crippen LogP contribution in [0.1, 0.15) is 53.9 Å². The standard InChI is InChI=1S/C28H33FN4O3/c29-24-9-7-23(8-10-24)25(34)32-19-17-31(18-20-32)15-4-16-33-26(35)28(30-27(33)36)13-11-22(12-14-28)21-5-2-1-3-6-21/h1-3,5-10,22H,4,11-20H2,(H,30,36). The summed E-state index contributed by atoms with van der Waals surface area (Å²) in [5, 5.41) is 3.02. The summed E-state index contributed by atoms with van der Waals surface area (Å²) in [6.45, 7) is 3.84. The number of urea groups is 1. The lowest BCUT2D eigenvalue weighted by Gasteiger charge is -2.35. The van der Waals surface area contributed by atoms with Gasteiger partial charge < -0.3 is 10.2 Å². The van der Waals surface area contributed by atoms with Gasteiger partial charge in [-0.05, 0) is 74.4 Å². The predicted molar refractivity (Wildman–Crippen MR) is 134 cm³/mol. The molecule has 0 bridgehead atoms. The van der Waals surface area contributed by atoms with Crippen LogP contribution in [0.5, 0.6) is 0 Å². The van der Waals surface area contributed by atoms with Crippen LogP contribution in [-0.4, -0.2) is 77.4 Å². The van der Waals surface area contributed by atoms with Gasteiger partial charge in [-0.15, -0.1) is 0 Å². The van der Waals surface area contributed by atoms with Crippen LogP contribution >= 0.6 is 0 Å². The van der Waals surface area contributed by atoms with Crippen LogP contribution in [0.15, 0.2) is 54.6 Å². The van der Waals surface area contributed by atoms with Gasteiger partial charge in [-0.3, -0.25) is 19.4 Å². The van der Waals surface area contributed by atoms with Crippen molar-refractivity contribution in [2.75, 3.05) is 39.3 Å². The Labute approximate surface area is 211 Å². The zero-order valence-electron chi connectivity index (χ0n) is 20.5. The van der Waals surface area contributed by atoms with Gasteiger partial charge in [0.15, 0.2) is 0 Å². The molecular formula is C28H33FN4O3. The molecule has 36 heavy (non-hydrogen) atoms. The topological polar surface area (TPSA) is 73.0 Å². The number of hydrogen-bond donors (Lipinski definition) is 1. The van der Waals surface area contributed by atoms with E-state index in [4.69, 9.17) is 0 Å². The third-order valence-electron chi connectivity index (χ3n) is 7.96. The first-order valence-electron chi connectivity index (χ1n) is 12.9. The zero-order valence-corrected chi connectivity index (χ0v) is 20.5. The first kappa shape index (κ1) is 24.4. The van der Waals surface area contributed by atoms with Gasteiger partial charge >= 0.3 is 6.03 Å². The number of amides is 4. The molecular weight excluding hydrogens is 459 g/mol. The average molecular weight is 493 g/mol. The third-order valence-corrected chi connectivity index (χ3v) is 7.96. The van der Waals surface area contributed by atoms with E-state index < -0.39 is 5.54 Å². The fourth-order valence-corrected chi connectivity index (χ4v) is 5.79. The summed E-state index contributed by atoms with van der Waals surface area (Å²) in [5.74, 6) is -0.0773. The highest BCUT2D eigenvalue weighted by Crippen LogP contribution is 2.40. The Balaban J connectivity index is 1.07. The van der Waals surface area contributed by atoms with Gasteiger partial charge in [0.25, 0.3) is 11.8 Å². The molecule has 2 aromatic rings. The highest BCUT2D eigenvalue weighted by molar-refractivity contribution is 6.07. The molecule has 2 aliphatic heterocycles. The number of hydrogen-bond acceptors (Lipinski definition) is 4. The molecule has 4 amide bonds. The molecule has 3 aliphatic rings. The van der Waals surface area contributed by atoms with Crippen molar-refractivity contribution in [1.29, 1.82) is 0 Å². The molecule has 3 fully saturated rings. The van der Waals surface area contributed by atoms with Gasteiger partial charge in [0.2, 0.25) is 0 Å². The van der Waals surface area contributed by atoms with E-state index in [2.05, 4.69) is 22.3 Å². The lowest BCUT2D eigenvalue weighted by atomic mass is 9.74. The summed E-state index contributed by atoms with van der Waals surface area (Å²) < 4.78 is 13.1. The van der Waals surface area contributed by atoms with Gasteiger partial charge in [-0.25, -0.2) is 9.18 Å². The number of nitrogens with zero attached hydrogens (tertiary/aromatic N) is 3. The molecule has 0 atom stereocenters. The first-order valence-corrected chi connectivity index (χ1v) is 12.9. The minimum absolute atomic E-state index is 0.0753. The van der Waals surface area contributed by atoms with Crippen molar-refractivity contribution in [2.24, 2.45) is 0 Å². The number of carbonyl (C=O) groups excluding carboxylic acids is 3. The summed E-state index contributed by atoms with van der Waals surface area (Å²) in [7, 11) is 0. The third kappa shape index (κ3) is 5.00. The van der Waals surface area contributed by atoms with Crippen molar-refractivity contribution in [2.45, 2.75) is 43.6 Å². The van der Waals surface area contributed by atoms with Crippen molar-refractivity contribution in [3.05, 3.63) is 71.5 Å². The van der Waals surface area contributed by atoms with Crippen molar-refractivity contribution >= 4 is 17.8 Å². The number of piperazine rings is 1. The maximum absolute atomic E-state index is 13.3. The van der Waals surface area contributed by atoms with Crippen LogP contribution < -0.4 is 5.32 Å². The Hall–Kier alpha value is -3.26. The van der Waals surface area contributed by atoms with E-state index in [1.54, 1.807) is 4.90 Å². The Bertz CT molecular complexity index is 1090. The van der Waals surface area contributed by atoms with E-state index >= 15 is 0 Å². The summed E-state index contributed by atoms with van der Waals surface area (Å²) >= 11 is 0. The van der Waals surface area contributed by atoms with Crippen molar-refractivity contribution < 1.29 is 18.8 Å². The fraction of sp³-hybridized carbons (Fsp3) is 0.464. The van der Waals surface area contributed by atoms with E-state index in [9.17, 15) is 18.8 Å². The summed E-state index contributed by atoms with van der Waals surface area (Å²) in [6.07, 6.45) is 3.85. The van der Waals surface area contributed by atoms with Crippen molar-refractivity contribution in [3.63, 3.8) is 0 Å². The van der Waals surface area contributed by atoms with Crippen molar-refractivity contribution in [1.82, 2.24) is 20.0 Å². The number of nitrogens with one attached hydrogen (secondary N) is 1. The van der Waals surface area contributed by atoms with Crippen LogP contribution in [0.25, 0.3) is 0 Å². The van der Waals surface area contributed by atoms with E-state index in [0.29, 0.717) is 50.4 Å². The molecule has 0 unspecified atom stereocenters. The number of benzene rings is 2. The lowest BCUT2D eigenvalue weighted by molar-refractivity contribution is -0.132. The molecule has 1 aliphatic carbocycles. The maximum atomic E-state index is 13.3. The minimum atomic E-state index is -0.741. The Kier molecular flexibility index (Phi) is 7.05. The molecule has 2 heterocycles. The molecule has 5 rings (SSSR count). The Morgan fingerprint density at radius 3 is 2.25 bits per heavy atom. The van der Waals surface area contributed by atoms with E-state index in [-0.39, 0.29) is 23.7 Å². The fourth-order valence-electron chi connectivity index (χ4n) is 5.79. The van der Waals surface area contributed by atoms with Crippen LogP contribution in [-0.2, 0) is 4.79 Å². The largest absolute Gasteiger partial charge is 0.336 e. The first-order chi connectivity index (χ1) is 17.4. The molecule has 1 spiro atoms. The minimum Gasteiger partial charge on any atom is -0.336 e. The normalized spacial score (nSPS) is 24.9. The molecule has 1 N–H and O–H groups in total. The van der Waals surface area contributed by atoms with Gasteiger partial charge in [0.1, 0.15) is 11.4 Å². The van der Waals surface area contributed by atoms with Gasteiger partial charge in [-0.2, -0.15) is 0 Å². The smallest absolute Gasteiger partial charge is 0.325 e. The molecule has 1 saturated carbocycles. The molecule has 0 radical (unpaired) electrons. The second kappa shape index (κ2) is 10.4. The van der Waals surface area contributed by atoms with Crippen LogP contribution in [0.3, 0.4) is 0 Å². The van der Waals surface area contributed by atoms with Gasteiger partial charge in [-0.1, -0.05) is 30.3 Å². The van der Waals surface area contributed by atoms with Crippen LogP contribution in [0.2, 0.25) is 0 Å². The highest BCUT2D eigenvalue weighted by Gasteiger charge is 2.52. The monoisotopic (exact) mass is 492 g/mol. The number of halogens is 1. The number of carbonyl (C=O) groups is 3. The number of rotatable bonds is 6. The molecule has 2 aromatic carbocycles. The average Bonchev–Trinajstić information content (AvgIpc) is 3.14. The Morgan fingerprint density at radius 1 is 0.917 bits per heavy atom. The second-order valence-electron chi connectivity index (χ2n) is 10.1. The molecule has 7 nitrogen and oxygen atoms in total. The summed E-state index contributed by atoms with van der Waals surface area (Å²) in [6, 6.07) is 15.8. The Morgan fingerprint density at radius 2 is 1.58 bits per heavy atom. The molecule has 190 valence electrons. The van der Waals surface area contributed by atoms with Gasteiger partial charge in [0.05, 0.1) is 0 Å². The summed E-state index contributed by atoms with van der Waals surface area (Å²) in [4.78, 5) is 44.0. The SMILES string of the molecule is O=C(c1ccc(F)cc1)N1CCN(CCCN2C(=O)NC3(CCC(c4ccccc4)CC3)C2=O)CC1. The van der Waals surface area contributed by atoms with E-state index in [0.717, 1.165) is 32.5 Å². The number of imide groups is 1. The van der Waals surface area contributed by atoms with Crippen molar-refractivity contribution in [3.8, 4) is 0 Å². The van der Waals surface area contributed by atoms with Gasteiger partial charge in [0, 0.05) is 38.3 Å². The molecule has 2 saturated heterocycles. The summed E-state index contributed by atoms with van der Waals surface area (Å²) in [5.41, 5.74) is 1.06. The molecule has 0 aromatic heterocycles.